The minimum Gasteiger partial charge on any atom is -0.394 e. The molecule has 2 aliphatic rings. The highest BCUT2D eigenvalue weighted by molar-refractivity contribution is 4.95. The maximum Gasteiger partial charge on any atom is 0.186 e. The van der Waals surface area contributed by atoms with Gasteiger partial charge in [0.2, 0.25) is 0 Å². The van der Waals surface area contributed by atoms with Crippen molar-refractivity contribution < 1.29 is 54.7 Å². The molecule has 0 spiro atoms. The first kappa shape index (κ1) is 19.9. The maximum absolute atomic E-state index is 10.2. The summed E-state index contributed by atoms with van der Waals surface area (Å²) in [5.74, 6) is 0. The summed E-state index contributed by atoms with van der Waals surface area (Å²) < 4.78 is 20.3. The Morgan fingerprint density at radius 2 is 1.25 bits per heavy atom. The topological polar surface area (TPSA) is 179 Å². The lowest BCUT2D eigenvalue weighted by molar-refractivity contribution is -0.341. The second-order valence-corrected chi connectivity index (χ2v) is 5.74. The molecule has 24 heavy (non-hydrogen) atoms. The molecule has 7 N–H and O–H groups in total. The standard InChI is InChI=1S/C13H24O11/c1-21-13-9(19)11(7(17)5(3-15)23-13)24-10-6(16)4(2-14)22-12(20)8(10)18/h4-20H,2-3H2,1H3/t4-,5-,6-,7-,8-,9+,10+,11+,12?,13+/m1/s1. The SMILES string of the molecule is CO[C@H]1O[C@H](CO)[C@@H](O)[C@H](O[C@H]2[C@H](O)[C@@H](CO)OC(O)[C@@H]2O)[C@@H]1O. The molecule has 11 heteroatoms. The number of aliphatic hydroxyl groups excluding tert-OH is 7. The summed E-state index contributed by atoms with van der Waals surface area (Å²) in [5, 5.41) is 68.4. The van der Waals surface area contributed by atoms with Crippen LogP contribution in [-0.4, -0.2) is 117 Å². The molecule has 2 aliphatic heterocycles. The Kier molecular flexibility index (Phi) is 6.87. The fourth-order valence-electron chi connectivity index (χ4n) is 2.82. The Bertz CT molecular complexity index is 380. The lowest BCUT2D eigenvalue weighted by Crippen LogP contribution is -2.65. The Morgan fingerprint density at radius 3 is 1.75 bits per heavy atom. The van der Waals surface area contributed by atoms with Crippen molar-refractivity contribution in [2.24, 2.45) is 0 Å². The van der Waals surface area contributed by atoms with Gasteiger partial charge in [-0.25, -0.2) is 0 Å². The van der Waals surface area contributed by atoms with Crippen molar-refractivity contribution >= 4 is 0 Å². The van der Waals surface area contributed by atoms with Crippen molar-refractivity contribution in [3.8, 4) is 0 Å². The quantitative estimate of drug-likeness (QED) is 0.251. The molecule has 0 aromatic heterocycles. The molecule has 1 unspecified atom stereocenters. The van der Waals surface area contributed by atoms with E-state index < -0.39 is 74.6 Å². The minimum absolute atomic E-state index is 0.589. The zero-order chi connectivity index (χ0) is 18.0. The first-order chi connectivity index (χ1) is 11.3. The molecular weight excluding hydrogens is 332 g/mol. The van der Waals surface area contributed by atoms with Gasteiger partial charge >= 0.3 is 0 Å². The average Bonchev–Trinajstić information content (AvgIpc) is 2.57. The van der Waals surface area contributed by atoms with E-state index in [1.165, 1.54) is 7.11 Å². The van der Waals surface area contributed by atoms with Crippen LogP contribution in [0.15, 0.2) is 0 Å². The highest BCUT2D eigenvalue weighted by Crippen LogP contribution is 2.29. The predicted molar refractivity (Wildman–Crippen MR) is 73.4 cm³/mol. The first-order valence-corrected chi connectivity index (χ1v) is 7.46. The fraction of sp³-hybridized carbons (Fsp3) is 1.00. The van der Waals surface area contributed by atoms with Gasteiger partial charge in [-0.05, 0) is 0 Å². The van der Waals surface area contributed by atoms with Crippen LogP contribution in [0.2, 0.25) is 0 Å². The van der Waals surface area contributed by atoms with Crippen molar-refractivity contribution in [1.29, 1.82) is 0 Å². The van der Waals surface area contributed by atoms with Gasteiger partial charge in [0.25, 0.3) is 0 Å². The molecule has 0 aromatic carbocycles. The van der Waals surface area contributed by atoms with E-state index in [1.807, 2.05) is 0 Å². The van der Waals surface area contributed by atoms with E-state index in [-0.39, 0.29) is 0 Å². The Hall–Kier alpha value is -0.440. The smallest absolute Gasteiger partial charge is 0.186 e. The third kappa shape index (κ3) is 3.71. The lowest BCUT2D eigenvalue weighted by Gasteiger charge is -2.46. The highest BCUT2D eigenvalue weighted by Gasteiger charge is 2.51. The van der Waals surface area contributed by atoms with Crippen LogP contribution >= 0.6 is 0 Å². The Morgan fingerprint density at radius 1 is 0.750 bits per heavy atom. The Labute approximate surface area is 137 Å². The number of hydrogen-bond acceptors (Lipinski definition) is 11. The molecule has 11 nitrogen and oxygen atoms in total. The molecule has 2 saturated heterocycles. The number of methoxy groups -OCH3 is 1. The average molecular weight is 356 g/mol. The molecule has 2 fully saturated rings. The van der Waals surface area contributed by atoms with Gasteiger partial charge < -0.3 is 54.7 Å². The van der Waals surface area contributed by atoms with Gasteiger partial charge in [-0.1, -0.05) is 0 Å². The molecule has 142 valence electrons. The van der Waals surface area contributed by atoms with E-state index in [0.717, 1.165) is 0 Å². The summed E-state index contributed by atoms with van der Waals surface area (Å²) >= 11 is 0. The van der Waals surface area contributed by atoms with Crippen LogP contribution in [0, 0.1) is 0 Å². The van der Waals surface area contributed by atoms with Crippen molar-refractivity contribution in [3.05, 3.63) is 0 Å². The Balaban J connectivity index is 2.18. The van der Waals surface area contributed by atoms with E-state index in [0.29, 0.717) is 0 Å². The zero-order valence-electron chi connectivity index (χ0n) is 13.0. The summed E-state index contributed by atoms with van der Waals surface area (Å²) in [6.45, 7) is -1.24. The van der Waals surface area contributed by atoms with Gasteiger partial charge in [-0.3, -0.25) is 0 Å². The van der Waals surface area contributed by atoms with Crippen LogP contribution in [-0.2, 0) is 18.9 Å². The maximum atomic E-state index is 10.2. The molecule has 2 heterocycles. The van der Waals surface area contributed by atoms with Crippen LogP contribution in [0.4, 0.5) is 0 Å². The lowest BCUT2D eigenvalue weighted by atomic mass is 9.95. The summed E-state index contributed by atoms with van der Waals surface area (Å²) in [5.41, 5.74) is 0. The molecule has 2 rings (SSSR count). The van der Waals surface area contributed by atoms with Crippen molar-refractivity contribution in [2.75, 3.05) is 20.3 Å². The van der Waals surface area contributed by atoms with Crippen molar-refractivity contribution in [2.45, 2.75) is 61.4 Å². The van der Waals surface area contributed by atoms with E-state index in [4.69, 9.17) is 24.1 Å². The number of aliphatic hydroxyl groups is 7. The van der Waals surface area contributed by atoms with Gasteiger partial charge in [0.05, 0.1) is 13.2 Å². The molecule has 0 aromatic rings. The number of rotatable bonds is 5. The zero-order valence-corrected chi connectivity index (χ0v) is 13.0. The van der Waals surface area contributed by atoms with Crippen LogP contribution < -0.4 is 0 Å². The summed E-state index contributed by atoms with van der Waals surface area (Å²) in [6, 6.07) is 0. The molecule has 0 aliphatic carbocycles. The minimum atomic E-state index is -1.74. The second kappa shape index (κ2) is 8.29. The predicted octanol–water partition coefficient (Wildman–Crippen LogP) is -4.74. The molecule has 10 atom stereocenters. The van der Waals surface area contributed by atoms with Gasteiger partial charge in [-0.15, -0.1) is 0 Å². The van der Waals surface area contributed by atoms with Crippen molar-refractivity contribution in [3.63, 3.8) is 0 Å². The third-order valence-corrected chi connectivity index (χ3v) is 4.21. The van der Waals surface area contributed by atoms with Crippen molar-refractivity contribution in [1.82, 2.24) is 0 Å². The van der Waals surface area contributed by atoms with Gasteiger partial charge in [0, 0.05) is 7.11 Å². The highest BCUT2D eigenvalue weighted by atomic mass is 16.7. The van der Waals surface area contributed by atoms with Gasteiger partial charge in [0.1, 0.15) is 48.8 Å². The first-order valence-electron chi connectivity index (χ1n) is 7.46. The number of ether oxygens (including phenoxy) is 4. The largest absolute Gasteiger partial charge is 0.394 e. The fourth-order valence-corrected chi connectivity index (χ4v) is 2.82. The summed E-state index contributed by atoms with van der Waals surface area (Å²) in [6.07, 6.45) is -14.4. The van der Waals surface area contributed by atoms with Gasteiger partial charge in [-0.2, -0.15) is 0 Å². The normalized spacial score (nSPS) is 50.0. The number of hydrogen-bond donors (Lipinski definition) is 7. The second-order valence-electron chi connectivity index (χ2n) is 5.74. The summed E-state index contributed by atoms with van der Waals surface area (Å²) in [7, 11) is 1.24. The molecule has 0 saturated carbocycles. The van der Waals surface area contributed by atoms with Crippen LogP contribution in [0.5, 0.6) is 0 Å². The van der Waals surface area contributed by atoms with E-state index in [1.54, 1.807) is 0 Å². The van der Waals surface area contributed by atoms with Crippen LogP contribution in [0.3, 0.4) is 0 Å². The molecule has 0 radical (unpaired) electrons. The summed E-state index contributed by atoms with van der Waals surface area (Å²) in [4.78, 5) is 0. The van der Waals surface area contributed by atoms with E-state index in [9.17, 15) is 30.6 Å². The van der Waals surface area contributed by atoms with Crippen LogP contribution in [0.25, 0.3) is 0 Å². The monoisotopic (exact) mass is 356 g/mol. The molecule has 0 bridgehead atoms. The molecule has 0 amide bonds. The van der Waals surface area contributed by atoms with Crippen LogP contribution in [0.1, 0.15) is 0 Å². The van der Waals surface area contributed by atoms with Gasteiger partial charge in [0.15, 0.2) is 12.6 Å². The van der Waals surface area contributed by atoms with E-state index in [2.05, 4.69) is 0 Å². The molecular formula is C13H24O11. The van der Waals surface area contributed by atoms with E-state index >= 15 is 0 Å². The third-order valence-electron chi connectivity index (χ3n) is 4.21.